The molecule has 0 amide bonds. The minimum Gasteiger partial charge on any atom is -0.316 e. The Morgan fingerprint density at radius 3 is 2.68 bits per heavy atom. The van der Waals surface area contributed by atoms with Crippen molar-refractivity contribution in [3.05, 3.63) is 46.5 Å². The van der Waals surface area contributed by atoms with Crippen molar-refractivity contribution in [3.63, 3.8) is 0 Å². The average Bonchev–Trinajstić information content (AvgIpc) is 2.96. The average molecular weight is 406 g/mol. The fourth-order valence-corrected chi connectivity index (χ4v) is 3.74. The van der Waals surface area contributed by atoms with E-state index in [9.17, 15) is 4.79 Å². The van der Waals surface area contributed by atoms with Gasteiger partial charge >= 0.3 is 5.69 Å². The van der Waals surface area contributed by atoms with E-state index in [1.807, 2.05) is 18.2 Å². The molecule has 0 unspecified atom stereocenters. The van der Waals surface area contributed by atoms with E-state index in [0.717, 1.165) is 11.1 Å². The summed E-state index contributed by atoms with van der Waals surface area (Å²) in [7, 11) is 0. The number of hydrogen-bond acceptors (Lipinski definition) is 4. The van der Waals surface area contributed by atoms with E-state index in [0.29, 0.717) is 48.8 Å². The molecule has 3 heterocycles. The second-order valence-electron chi connectivity index (χ2n) is 7.59. The zero-order valence-electron chi connectivity index (χ0n) is 16.0. The van der Waals surface area contributed by atoms with Gasteiger partial charge in [0.1, 0.15) is 11.2 Å². The van der Waals surface area contributed by atoms with Crippen LogP contribution in [0.3, 0.4) is 0 Å². The van der Waals surface area contributed by atoms with Gasteiger partial charge in [0.2, 0.25) is 0 Å². The molecule has 1 saturated heterocycles. The third-order valence-corrected chi connectivity index (χ3v) is 5.28. The van der Waals surface area contributed by atoms with Crippen LogP contribution in [0.2, 0.25) is 0 Å². The third-order valence-electron chi connectivity index (χ3n) is 5.28. The van der Waals surface area contributed by atoms with E-state index >= 15 is 4.39 Å². The Kier molecular flexibility index (Phi) is 5.86. The van der Waals surface area contributed by atoms with Gasteiger partial charge in [-0.2, -0.15) is 0 Å². The molecular weight excluding hydrogens is 381 g/mol. The number of piperidine rings is 1. The summed E-state index contributed by atoms with van der Waals surface area (Å²) >= 11 is 0. The molecule has 150 valence electrons. The predicted octanol–water partition coefficient (Wildman–Crippen LogP) is 3.42. The Morgan fingerprint density at radius 1 is 1.25 bits per heavy atom. The van der Waals surface area contributed by atoms with E-state index in [4.69, 9.17) is 0 Å². The fraction of sp³-hybridized carbons (Fsp3) is 0.450. The van der Waals surface area contributed by atoms with Crippen LogP contribution in [0.15, 0.2) is 35.3 Å². The number of hydrogen-bond donors (Lipinski definition) is 2. The van der Waals surface area contributed by atoms with Crippen LogP contribution in [-0.2, 0) is 6.54 Å². The van der Waals surface area contributed by atoms with Gasteiger partial charge in [0, 0.05) is 5.56 Å². The number of fused-ring (bicyclic) bond motifs is 1. The molecule has 1 aliphatic heterocycles. The van der Waals surface area contributed by atoms with Gasteiger partial charge in [0.05, 0.1) is 12.7 Å². The van der Waals surface area contributed by atoms with E-state index in [2.05, 4.69) is 40.2 Å². The summed E-state index contributed by atoms with van der Waals surface area (Å²) < 4.78 is 16.6. The quantitative estimate of drug-likeness (QED) is 0.697. The van der Waals surface area contributed by atoms with Crippen molar-refractivity contribution in [1.29, 1.82) is 0 Å². The van der Waals surface area contributed by atoms with Crippen molar-refractivity contribution in [2.24, 2.45) is 0 Å². The molecule has 0 aliphatic carbocycles. The first-order chi connectivity index (χ1) is 13.0. The summed E-state index contributed by atoms with van der Waals surface area (Å²) in [5, 5.41) is 3.16. The first-order valence-electron chi connectivity index (χ1n) is 9.41. The highest BCUT2D eigenvalue weighted by atomic mass is 35.5. The normalized spacial score (nSPS) is 16.3. The zero-order chi connectivity index (χ0) is 19.0. The summed E-state index contributed by atoms with van der Waals surface area (Å²) in [6.45, 7) is 5.49. The molecule has 4 rings (SSSR count). The molecule has 1 aliphatic rings. The lowest BCUT2D eigenvalue weighted by Gasteiger charge is -2.30. The number of imidazole rings is 1. The lowest BCUT2D eigenvalue weighted by atomic mass is 9.94. The number of nitrogens with one attached hydrogen (secondary N) is 2. The lowest BCUT2D eigenvalue weighted by molar-refractivity contribution is 0.0940. The molecule has 1 fully saturated rings. The number of aromatic nitrogens is 4. The highest BCUT2D eigenvalue weighted by Crippen LogP contribution is 2.29. The number of rotatable bonds is 4. The Bertz CT molecular complexity index is 1020. The Labute approximate surface area is 169 Å². The summed E-state index contributed by atoms with van der Waals surface area (Å²) in [6, 6.07) is 7.98. The summed E-state index contributed by atoms with van der Waals surface area (Å²) in [5.74, 6) is 0.871. The van der Waals surface area contributed by atoms with Crippen molar-refractivity contribution in [1.82, 2.24) is 24.8 Å². The molecule has 0 atom stereocenters. The largest absolute Gasteiger partial charge is 0.327 e. The summed E-state index contributed by atoms with van der Waals surface area (Å²) in [6.07, 6.45) is 2.39. The molecule has 1 aromatic carbocycles. The SMILES string of the molecule is CC(C)c1ccccc1-c1ncc2[nH]c(=O)n(CC3(F)CCNCC3)c2n1.Cl. The Hall–Kier alpha value is -2.25. The zero-order valence-corrected chi connectivity index (χ0v) is 16.9. The number of halogens is 2. The minimum absolute atomic E-state index is 0. The Balaban J connectivity index is 0.00000225. The van der Waals surface area contributed by atoms with Crippen molar-refractivity contribution in [2.75, 3.05) is 13.1 Å². The molecule has 0 saturated carbocycles. The van der Waals surface area contributed by atoms with Crippen LogP contribution in [0, 0.1) is 0 Å². The number of benzene rings is 1. The standard InChI is InChI=1S/C20H24FN5O.ClH/c1-13(2)14-5-3-4-6-15(14)17-23-11-16-18(25-17)26(19(27)24-16)12-20(21)7-9-22-10-8-20;/h3-6,11,13,22H,7-10,12H2,1-2H3,(H,24,27);1H. The number of aromatic amines is 1. The number of H-pyrrole nitrogens is 1. The van der Waals surface area contributed by atoms with E-state index in [1.165, 1.54) is 4.57 Å². The van der Waals surface area contributed by atoms with Gasteiger partial charge in [0.15, 0.2) is 11.5 Å². The molecule has 3 aromatic rings. The maximum Gasteiger partial charge on any atom is 0.327 e. The maximum absolute atomic E-state index is 15.2. The lowest BCUT2D eigenvalue weighted by Crippen LogP contribution is -2.43. The highest BCUT2D eigenvalue weighted by molar-refractivity contribution is 5.85. The second kappa shape index (κ2) is 8.01. The van der Waals surface area contributed by atoms with Crippen LogP contribution in [0.4, 0.5) is 4.39 Å². The maximum atomic E-state index is 15.2. The Morgan fingerprint density at radius 2 is 1.96 bits per heavy atom. The van der Waals surface area contributed by atoms with E-state index < -0.39 is 5.67 Å². The van der Waals surface area contributed by atoms with Gasteiger partial charge in [0.25, 0.3) is 0 Å². The van der Waals surface area contributed by atoms with Crippen molar-refractivity contribution >= 4 is 23.6 Å². The molecule has 28 heavy (non-hydrogen) atoms. The smallest absolute Gasteiger partial charge is 0.316 e. The molecule has 0 bridgehead atoms. The predicted molar refractivity (Wildman–Crippen MR) is 111 cm³/mol. The summed E-state index contributed by atoms with van der Waals surface area (Å²) in [5.41, 5.74) is 1.32. The number of alkyl halides is 1. The topological polar surface area (TPSA) is 75.6 Å². The molecule has 0 spiro atoms. The van der Waals surface area contributed by atoms with Gasteiger partial charge in [-0.15, -0.1) is 12.4 Å². The van der Waals surface area contributed by atoms with Gasteiger partial charge < -0.3 is 10.3 Å². The van der Waals surface area contributed by atoms with Crippen LogP contribution in [0.5, 0.6) is 0 Å². The first kappa shape index (κ1) is 20.5. The number of nitrogens with zero attached hydrogens (tertiary/aromatic N) is 3. The van der Waals surface area contributed by atoms with Crippen LogP contribution in [-0.4, -0.2) is 38.3 Å². The molecular formula is C20H25ClFN5O. The highest BCUT2D eigenvalue weighted by Gasteiger charge is 2.33. The molecule has 6 nitrogen and oxygen atoms in total. The van der Waals surface area contributed by atoms with Crippen molar-refractivity contribution < 1.29 is 4.39 Å². The molecule has 2 N–H and O–H groups in total. The molecule has 2 aromatic heterocycles. The van der Waals surface area contributed by atoms with Crippen LogP contribution in [0.25, 0.3) is 22.6 Å². The monoisotopic (exact) mass is 405 g/mol. The third kappa shape index (κ3) is 3.82. The second-order valence-corrected chi connectivity index (χ2v) is 7.59. The van der Waals surface area contributed by atoms with Crippen molar-refractivity contribution in [2.45, 2.75) is 44.8 Å². The van der Waals surface area contributed by atoms with Gasteiger partial charge in [-0.05, 0) is 37.4 Å². The minimum atomic E-state index is -1.40. The fourth-order valence-electron chi connectivity index (χ4n) is 3.74. The van der Waals surface area contributed by atoms with Gasteiger partial charge in [-0.3, -0.25) is 4.57 Å². The molecule has 8 heteroatoms. The van der Waals surface area contributed by atoms with Crippen LogP contribution < -0.4 is 11.0 Å². The first-order valence-corrected chi connectivity index (χ1v) is 9.41. The van der Waals surface area contributed by atoms with Crippen molar-refractivity contribution in [3.8, 4) is 11.4 Å². The van der Waals surface area contributed by atoms with E-state index in [1.54, 1.807) is 6.20 Å². The van der Waals surface area contributed by atoms with Crippen LogP contribution >= 0.6 is 12.4 Å². The van der Waals surface area contributed by atoms with E-state index in [-0.39, 0.29) is 24.6 Å². The summed E-state index contributed by atoms with van der Waals surface area (Å²) in [4.78, 5) is 24.3. The molecule has 0 radical (unpaired) electrons. The van der Waals surface area contributed by atoms with Crippen LogP contribution in [0.1, 0.15) is 38.2 Å². The van der Waals surface area contributed by atoms with Gasteiger partial charge in [-0.25, -0.2) is 19.2 Å². The van der Waals surface area contributed by atoms with Gasteiger partial charge in [-0.1, -0.05) is 38.1 Å².